The number of nitrogens with zero attached hydrogens (tertiary/aromatic N) is 1. The quantitative estimate of drug-likeness (QED) is 0.913. The molecule has 2 aromatic rings. The minimum Gasteiger partial charge on any atom is -0.396 e. The predicted molar refractivity (Wildman–Crippen MR) is 86.2 cm³/mol. The number of hydrogen-bond donors (Lipinski definition) is 2. The SMILES string of the molecule is Nc1ccc(-c2ccc(F)cc2)nc1NC(=O)C1CCOCC1. The van der Waals surface area contributed by atoms with Gasteiger partial charge in [0.1, 0.15) is 5.82 Å². The zero-order chi connectivity index (χ0) is 16.2. The van der Waals surface area contributed by atoms with Crippen molar-refractivity contribution in [3.63, 3.8) is 0 Å². The van der Waals surface area contributed by atoms with E-state index >= 15 is 0 Å². The second kappa shape index (κ2) is 6.75. The Kier molecular flexibility index (Phi) is 4.52. The molecule has 1 amide bonds. The molecule has 0 spiro atoms. The summed E-state index contributed by atoms with van der Waals surface area (Å²) in [7, 11) is 0. The molecule has 0 radical (unpaired) electrons. The van der Waals surface area contributed by atoms with Gasteiger partial charge in [0.2, 0.25) is 5.91 Å². The summed E-state index contributed by atoms with van der Waals surface area (Å²) in [6.45, 7) is 1.19. The van der Waals surface area contributed by atoms with Gasteiger partial charge in [-0.2, -0.15) is 0 Å². The van der Waals surface area contributed by atoms with Crippen molar-refractivity contribution in [2.24, 2.45) is 5.92 Å². The van der Waals surface area contributed by atoms with Crippen LogP contribution in [0.1, 0.15) is 12.8 Å². The van der Waals surface area contributed by atoms with Gasteiger partial charge in [0.15, 0.2) is 5.82 Å². The molecule has 1 aromatic carbocycles. The van der Waals surface area contributed by atoms with Gasteiger partial charge in [-0.25, -0.2) is 9.37 Å². The number of carbonyl (C=O) groups excluding carboxylic acids is 1. The van der Waals surface area contributed by atoms with Crippen molar-refractivity contribution in [3.05, 3.63) is 42.2 Å². The maximum absolute atomic E-state index is 13.0. The van der Waals surface area contributed by atoms with Crippen LogP contribution >= 0.6 is 0 Å². The Morgan fingerprint density at radius 1 is 1.17 bits per heavy atom. The normalized spacial score (nSPS) is 15.3. The molecule has 0 unspecified atom stereocenters. The van der Waals surface area contributed by atoms with E-state index in [-0.39, 0.29) is 17.6 Å². The van der Waals surface area contributed by atoms with Crippen LogP contribution < -0.4 is 11.1 Å². The lowest BCUT2D eigenvalue weighted by molar-refractivity contribution is -0.122. The molecule has 5 nitrogen and oxygen atoms in total. The monoisotopic (exact) mass is 315 g/mol. The van der Waals surface area contributed by atoms with Gasteiger partial charge in [-0.15, -0.1) is 0 Å². The lowest BCUT2D eigenvalue weighted by atomic mass is 9.99. The predicted octanol–water partition coefficient (Wildman–Crippen LogP) is 2.84. The number of ether oxygens (including phenoxy) is 1. The van der Waals surface area contributed by atoms with E-state index in [2.05, 4.69) is 10.3 Å². The first kappa shape index (κ1) is 15.4. The molecule has 23 heavy (non-hydrogen) atoms. The fourth-order valence-corrected chi connectivity index (χ4v) is 2.53. The molecule has 3 rings (SSSR count). The van der Waals surface area contributed by atoms with E-state index in [1.807, 2.05) is 0 Å². The van der Waals surface area contributed by atoms with Crippen molar-refractivity contribution >= 4 is 17.4 Å². The summed E-state index contributed by atoms with van der Waals surface area (Å²) in [5.41, 5.74) is 7.69. The summed E-state index contributed by atoms with van der Waals surface area (Å²) in [6.07, 6.45) is 1.40. The zero-order valence-corrected chi connectivity index (χ0v) is 12.6. The van der Waals surface area contributed by atoms with Gasteiger partial charge in [0.05, 0.1) is 11.4 Å². The van der Waals surface area contributed by atoms with Crippen LogP contribution in [-0.2, 0) is 9.53 Å². The van der Waals surface area contributed by atoms with Crippen molar-refractivity contribution in [1.29, 1.82) is 0 Å². The Bertz CT molecular complexity index is 697. The highest BCUT2D eigenvalue weighted by molar-refractivity contribution is 5.94. The summed E-state index contributed by atoms with van der Waals surface area (Å²) in [5.74, 6) is -0.149. The van der Waals surface area contributed by atoms with Gasteiger partial charge in [-0.05, 0) is 49.2 Å². The molecule has 2 heterocycles. The molecule has 0 saturated carbocycles. The molecule has 120 valence electrons. The van der Waals surface area contributed by atoms with E-state index in [1.165, 1.54) is 12.1 Å². The second-order valence-electron chi connectivity index (χ2n) is 5.52. The number of aromatic nitrogens is 1. The lowest BCUT2D eigenvalue weighted by Gasteiger charge is -2.21. The highest BCUT2D eigenvalue weighted by Gasteiger charge is 2.22. The second-order valence-corrected chi connectivity index (χ2v) is 5.52. The third kappa shape index (κ3) is 3.65. The summed E-state index contributed by atoms with van der Waals surface area (Å²) >= 11 is 0. The number of benzene rings is 1. The summed E-state index contributed by atoms with van der Waals surface area (Å²) in [5, 5.41) is 2.80. The Hall–Kier alpha value is -2.47. The molecule has 0 aliphatic carbocycles. The van der Waals surface area contributed by atoms with Gasteiger partial charge in [0.25, 0.3) is 0 Å². The van der Waals surface area contributed by atoms with Crippen molar-refractivity contribution in [3.8, 4) is 11.3 Å². The summed E-state index contributed by atoms with van der Waals surface area (Å²) in [4.78, 5) is 16.7. The van der Waals surface area contributed by atoms with Crippen molar-refractivity contribution in [2.45, 2.75) is 12.8 Å². The molecule has 1 aliphatic rings. The largest absolute Gasteiger partial charge is 0.396 e. The van der Waals surface area contributed by atoms with E-state index in [1.54, 1.807) is 24.3 Å². The van der Waals surface area contributed by atoms with Gasteiger partial charge in [-0.3, -0.25) is 4.79 Å². The van der Waals surface area contributed by atoms with Crippen molar-refractivity contribution in [1.82, 2.24) is 4.98 Å². The van der Waals surface area contributed by atoms with E-state index < -0.39 is 0 Å². The number of carbonyl (C=O) groups is 1. The van der Waals surface area contributed by atoms with Gasteiger partial charge in [0, 0.05) is 24.7 Å². The molecule has 1 fully saturated rings. The minimum atomic E-state index is -0.308. The van der Waals surface area contributed by atoms with E-state index in [0.29, 0.717) is 43.3 Å². The molecular formula is C17H18FN3O2. The Balaban J connectivity index is 1.80. The Labute approximate surface area is 133 Å². The number of nitrogens with two attached hydrogens (primary N) is 1. The maximum Gasteiger partial charge on any atom is 0.228 e. The third-order valence-electron chi connectivity index (χ3n) is 3.90. The molecular weight excluding hydrogens is 297 g/mol. The lowest BCUT2D eigenvalue weighted by Crippen LogP contribution is -2.29. The molecule has 1 aliphatic heterocycles. The van der Waals surface area contributed by atoms with Gasteiger partial charge < -0.3 is 15.8 Å². The molecule has 1 saturated heterocycles. The number of rotatable bonds is 3. The molecule has 3 N–H and O–H groups in total. The highest BCUT2D eigenvalue weighted by atomic mass is 19.1. The summed E-state index contributed by atoms with van der Waals surface area (Å²) < 4.78 is 18.3. The number of halogens is 1. The van der Waals surface area contributed by atoms with Gasteiger partial charge in [-0.1, -0.05) is 0 Å². The smallest absolute Gasteiger partial charge is 0.228 e. The molecule has 1 aromatic heterocycles. The number of anilines is 2. The van der Waals surface area contributed by atoms with Crippen LogP contribution in [0.15, 0.2) is 36.4 Å². The van der Waals surface area contributed by atoms with Crippen LogP contribution in [0.4, 0.5) is 15.9 Å². The van der Waals surface area contributed by atoms with Crippen LogP contribution in [0.5, 0.6) is 0 Å². The van der Waals surface area contributed by atoms with Gasteiger partial charge >= 0.3 is 0 Å². The van der Waals surface area contributed by atoms with E-state index in [4.69, 9.17) is 10.5 Å². The van der Waals surface area contributed by atoms with E-state index in [0.717, 1.165) is 5.56 Å². The number of hydrogen-bond acceptors (Lipinski definition) is 4. The van der Waals surface area contributed by atoms with Crippen molar-refractivity contribution in [2.75, 3.05) is 24.3 Å². The van der Waals surface area contributed by atoms with Crippen LogP contribution in [-0.4, -0.2) is 24.1 Å². The number of amides is 1. The Morgan fingerprint density at radius 3 is 2.57 bits per heavy atom. The molecule has 0 atom stereocenters. The number of pyridine rings is 1. The first-order valence-electron chi connectivity index (χ1n) is 7.54. The maximum atomic E-state index is 13.0. The van der Waals surface area contributed by atoms with Crippen LogP contribution in [0.2, 0.25) is 0 Å². The number of nitrogens with one attached hydrogen (secondary N) is 1. The fourth-order valence-electron chi connectivity index (χ4n) is 2.53. The van der Waals surface area contributed by atoms with Crippen LogP contribution in [0.3, 0.4) is 0 Å². The van der Waals surface area contributed by atoms with Crippen LogP contribution in [0, 0.1) is 11.7 Å². The highest BCUT2D eigenvalue weighted by Crippen LogP contribution is 2.25. The first-order chi connectivity index (χ1) is 11.1. The number of nitrogen functional groups attached to an aromatic ring is 1. The van der Waals surface area contributed by atoms with E-state index in [9.17, 15) is 9.18 Å². The Morgan fingerprint density at radius 2 is 1.87 bits per heavy atom. The summed E-state index contributed by atoms with van der Waals surface area (Å²) in [6, 6.07) is 9.44. The standard InChI is InChI=1S/C17H18FN3O2/c18-13-3-1-11(2-4-13)15-6-5-14(19)16(20-15)21-17(22)12-7-9-23-10-8-12/h1-6,12H,7-10,19H2,(H,20,21,22). The fraction of sp³-hybridized carbons (Fsp3) is 0.294. The van der Waals surface area contributed by atoms with Crippen LogP contribution in [0.25, 0.3) is 11.3 Å². The first-order valence-corrected chi connectivity index (χ1v) is 7.54. The average Bonchev–Trinajstić information content (AvgIpc) is 2.58. The third-order valence-corrected chi connectivity index (χ3v) is 3.90. The molecule has 0 bridgehead atoms. The van der Waals surface area contributed by atoms with Crippen molar-refractivity contribution < 1.29 is 13.9 Å². The minimum absolute atomic E-state index is 0.0839. The zero-order valence-electron chi connectivity index (χ0n) is 12.6. The molecule has 6 heteroatoms. The topological polar surface area (TPSA) is 77.2 Å². The average molecular weight is 315 g/mol.